The van der Waals surface area contributed by atoms with Gasteiger partial charge < -0.3 is 10.6 Å². The van der Waals surface area contributed by atoms with Gasteiger partial charge in [0.25, 0.3) is 0 Å². The number of thiocarbonyl (C=S) groups is 1. The highest BCUT2D eigenvalue weighted by molar-refractivity contribution is 7.80. The van der Waals surface area contributed by atoms with Crippen LogP contribution in [0.25, 0.3) is 0 Å². The molecule has 1 aromatic rings. The van der Waals surface area contributed by atoms with E-state index in [4.69, 9.17) is 12.2 Å². The average Bonchev–Trinajstić information content (AvgIpc) is 2.39. The van der Waals surface area contributed by atoms with Crippen LogP contribution in [-0.4, -0.2) is 16.1 Å². The Balaban J connectivity index is 1.76. The van der Waals surface area contributed by atoms with Crippen molar-refractivity contribution in [1.82, 2.24) is 15.6 Å². The molecule has 1 aliphatic carbocycles. The number of nitrogens with one attached hydrogen (secondary N) is 2. The van der Waals surface area contributed by atoms with E-state index in [0.29, 0.717) is 23.4 Å². The van der Waals surface area contributed by atoms with E-state index in [1.54, 1.807) is 12.3 Å². The van der Waals surface area contributed by atoms with Crippen molar-refractivity contribution in [3.63, 3.8) is 0 Å². The van der Waals surface area contributed by atoms with E-state index in [2.05, 4.69) is 15.6 Å². The molecule has 0 aromatic carbocycles. The van der Waals surface area contributed by atoms with Crippen LogP contribution in [0.2, 0.25) is 0 Å². The maximum Gasteiger partial charge on any atom is 0.166 e. The second-order valence-corrected chi connectivity index (χ2v) is 5.00. The number of hydrogen-bond acceptors (Lipinski definition) is 2. The van der Waals surface area contributed by atoms with Crippen LogP contribution < -0.4 is 10.6 Å². The van der Waals surface area contributed by atoms with Crippen molar-refractivity contribution in [2.75, 3.05) is 0 Å². The lowest BCUT2D eigenvalue weighted by Crippen LogP contribution is -2.42. The predicted molar refractivity (Wildman–Crippen MR) is 73.6 cm³/mol. The minimum Gasteiger partial charge on any atom is -0.360 e. The fourth-order valence-electron chi connectivity index (χ4n) is 2.20. The van der Waals surface area contributed by atoms with Crippen LogP contribution in [0.15, 0.2) is 18.3 Å². The number of nitrogens with zero attached hydrogens (tertiary/aromatic N) is 1. The zero-order chi connectivity index (χ0) is 12.8. The van der Waals surface area contributed by atoms with Crippen molar-refractivity contribution in [1.29, 1.82) is 0 Å². The molecular formula is C13H18FN3S. The van der Waals surface area contributed by atoms with Gasteiger partial charge in [-0.1, -0.05) is 19.3 Å². The van der Waals surface area contributed by atoms with Crippen LogP contribution in [0.3, 0.4) is 0 Å². The van der Waals surface area contributed by atoms with Gasteiger partial charge in [0, 0.05) is 12.2 Å². The summed E-state index contributed by atoms with van der Waals surface area (Å²) in [5.74, 6) is -0.300. The molecule has 2 N–H and O–H groups in total. The Hall–Kier alpha value is -1.23. The van der Waals surface area contributed by atoms with E-state index in [0.717, 1.165) is 0 Å². The third-order valence-electron chi connectivity index (χ3n) is 3.19. The fraction of sp³-hybridized carbons (Fsp3) is 0.538. The molecule has 0 unspecified atom stereocenters. The third kappa shape index (κ3) is 3.91. The molecule has 98 valence electrons. The standard InChI is InChI=1S/C13H18FN3S/c14-11-7-4-8-15-12(11)9-16-13(18)17-10-5-2-1-3-6-10/h4,7-8,10H,1-3,5-6,9H2,(H2,16,17,18). The highest BCUT2D eigenvalue weighted by Crippen LogP contribution is 2.17. The Morgan fingerprint density at radius 1 is 1.39 bits per heavy atom. The Morgan fingerprint density at radius 3 is 2.89 bits per heavy atom. The monoisotopic (exact) mass is 267 g/mol. The van der Waals surface area contributed by atoms with Crippen molar-refractivity contribution in [2.24, 2.45) is 0 Å². The molecule has 0 atom stereocenters. The number of rotatable bonds is 3. The molecule has 0 spiro atoms. The second kappa shape index (κ2) is 6.64. The van der Waals surface area contributed by atoms with Crippen LogP contribution in [-0.2, 0) is 6.54 Å². The molecule has 5 heteroatoms. The molecule has 3 nitrogen and oxygen atoms in total. The lowest BCUT2D eigenvalue weighted by molar-refractivity contribution is 0.412. The van der Waals surface area contributed by atoms with Crippen LogP contribution >= 0.6 is 12.2 Å². The minimum atomic E-state index is -0.300. The normalized spacial score (nSPS) is 16.3. The first-order valence-corrected chi connectivity index (χ1v) is 6.80. The SMILES string of the molecule is Fc1cccnc1CNC(=S)NC1CCCCC1. The summed E-state index contributed by atoms with van der Waals surface area (Å²) < 4.78 is 13.3. The van der Waals surface area contributed by atoms with E-state index in [9.17, 15) is 4.39 Å². The minimum absolute atomic E-state index is 0.300. The third-order valence-corrected chi connectivity index (χ3v) is 3.45. The summed E-state index contributed by atoms with van der Waals surface area (Å²) >= 11 is 5.20. The molecule has 0 radical (unpaired) electrons. The van der Waals surface area contributed by atoms with E-state index >= 15 is 0 Å². The molecule has 0 aliphatic heterocycles. The Bertz CT molecular complexity index is 405. The molecular weight excluding hydrogens is 249 g/mol. The maximum atomic E-state index is 13.3. The van der Waals surface area contributed by atoms with Gasteiger partial charge in [-0.25, -0.2) is 4.39 Å². The van der Waals surface area contributed by atoms with Crippen LogP contribution in [0, 0.1) is 5.82 Å². The first kappa shape index (κ1) is 13.2. The smallest absolute Gasteiger partial charge is 0.166 e. The summed E-state index contributed by atoms with van der Waals surface area (Å²) in [7, 11) is 0. The zero-order valence-corrected chi connectivity index (χ0v) is 11.1. The largest absolute Gasteiger partial charge is 0.360 e. The Labute approximate surface area is 112 Å². The van der Waals surface area contributed by atoms with Gasteiger partial charge in [0.1, 0.15) is 5.82 Å². The second-order valence-electron chi connectivity index (χ2n) is 4.59. The first-order valence-electron chi connectivity index (χ1n) is 6.39. The van der Waals surface area contributed by atoms with Gasteiger partial charge in [0.2, 0.25) is 0 Å². The summed E-state index contributed by atoms with van der Waals surface area (Å²) in [6.07, 6.45) is 7.75. The van der Waals surface area contributed by atoms with Crippen molar-refractivity contribution in [3.8, 4) is 0 Å². The van der Waals surface area contributed by atoms with Gasteiger partial charge >= 0.3 is 0 Å². The Kier molecular flexibility index (Phi) is 4.87. The highest BCUT2D eigenvalue weighted by Gasteiger charge is 2.14. The summed E-state index contributed by atoms with van der Waals surface area (Å²) in [5.41, 5.74) is 0.394. The molecule has 0 saturated heterocycles. The van der Waals surface area contributed by atoms with Gasteiger partial charge in [-0.05, 0) is 37.2 Å². The molecule has 18 heavy (non-hydrogen) atoms. The number of hydrogen-bond donors (Lipinski definition) is 2. The van der Waals surface area contributed by atoms with Crippen molar-refractivity contribution < 1.29 is 4.39 Å². The van der Waals surface area contributed by atoms with Gasteiger partial charge in [0.05, 0.1) is 12.2 Å². The van der Waals surface area contributed by atoms with Crippen LogP contribution in [0.5, 0.6) is 0 Å². The highest BCUT2D eigenvalue weighted by atomic mass is 32.1. The van der Waals surface area contributed by atoms with Gasteiger partial charge in [-0.2, -0.15) is 0 Å². The van der Waals surface area contributed by atoms with Gasteiger partial charge in [0.15, 0.2) is 5.11 Å². The number of halogens is 1. The first-order chi connectivity index (χ1) is 8.75. The fourth-order valence-corrected chi connectivity index (χ4v) is 2.43. The van der Waals surface area contributed by atoms with Crippen LogP contribution in [0.1, 0.15) is 37.8 Å². The molecule has 2 rings (SSSR count). The molecule has 1 saturated carbocycles. The van der Waals surface area contributed by atoms with Gasteiger partial charge in [-0.15, -0.1) is 0 Å². The molecule has 0 bridgehead atoms. The molecule has 0 amide bonds. The molecule has 1 fully saturated rings. The van der Waals surface area contributed by atoms with Gasteiger partial charge in [-0.3, -0.25) is 4.98 Å². The van der Waals surface area contributed by atoms with E-state index in [-0.39, 0.29) is 5.82 Å². The molecule has 1 heterocycles. The summed E-state index contributed by atoms with van der Waals surface area (Å²) in [5, 5.41) is 6.87. The molecule has 1 aromatic heterocycles. The number of aromatic nitrogens is 1. The maximum absolute atomic E-state index is 13.3. The lowest BCUT2D eigenvalue weighted by atomic mass is 9.96. The topological polar surface area (TPSA) is 37.0 Å². The van der Waals surface area contributed by atoms with Crippen molar-refractivity contribution in [2.45, 2.75) is 44.7 Å². The van der Waals surface area contributed by atoms with Crippen molar-refractivity contribution in [3.05, 3.63) is 29.8 Å². The van der Waals surface area contributed by atoms with Crippen LogP contribution in [0.4, 0.5) is 4.39 Å². The summed E-state index contributed by atoms with van der Waals surface area (Å²) in [4.78, 5) is 3.97. The summed E-state index contributed by atoms with van der Waals surface area (Å²) in [6, 6.07) is 3.45. The number of pyridine rings is 1. The quantitative estimate of drug-likeness (QED) is 0.825. The molecule has 1 aliphatic rings. The predicted octanol–water partition coefficient (Wildman–Crippen LogP) is 2.52. The summed E-state index contributed by atoms with van der Waals surface area (Å²) in [6.45, 7) is 0.325. The average molecular weight is 267 g/mol. The zero-order valence-electron chi connectivity index (χ0n) is 10.3. The Morgan fingerprint density at radius 2 is 2.17 bits per heavy atom. The van der Waals surface area contributed by atoms with E-state index < -0.39 is 0 Å². The van der Waals surface area contributed by atoms with Crippen molar-refractivity contribution >= 4 is 17.3 Å². The van der Waals surface area contributed by atoms with E-state index in [1.807, 2.05) is 0 Å². The van der Waals surface area contributed by atoms with E-state index in [1.165, 1.54) is 38.2 Å². The lowest BCUT2D eigenvalue weighted by Gasteiger charge is -2.24.